The Morgan fingerprint density at radius 1 is 0.649 bits per heavy atom. The number of rotatable bonds is 27. The first-order chi connectivity index (χ1) is 18.0. The van der Waals surface area contributed by atoms with Crippen LogP contribution in [0.3, 0.4) is 0 Å². The number of amides is 3. The number of carbonyl (C=O) groups excluding carboxylic acids is 4. The van der Waals surface area contributed by atoms with E-state index in [0.717, 1.165) is 38.5 Å². The van der Waals surface area contributed by atoms with Crippen molar-refractivity contribution in [2.24, 2.45) is 0 Å². The summed E-state index contributed by atoms with van der Waals surface area (Å²) < 4.78 is 21.2. The predicted molar refractivity (Wildman–Crippen MR) is 138 cm³/mol. The van der Waals surface area contributed by atoms with Crippen LogP contribution in [0.5, 0.6) is 0 Å². The highest BCUT2D eigenvalue weighted by molar-refractivity contribution is 5.77. The molecule has 216 valence electrons. The van der Waals surface area contributed by atoms with Gasteiger partial charge in [0.25, 0.3) is 0 Å². The smallest absolute Gasteiger partial charge is 0.246 e. The van der Waals surface area contributed by atoms with Crippen LogP contribution in [-0.4, -0.2) is 123 Å². The fourth-order valence-corrected chi connectivity index (χ4v) is 2.91. The van der Waals surface area contributed by atoms with E-state index in [1.807, 2.05) is 7.05 Å². The average Bonchev–Trinajstić information content (AvgIpc) is 2.89. The molecule has 0 fully saturated rings. The summed E-state index contributed by atoms with van der Waals surface area (Å²) in [6.07, 6.45) is 4.55. The van der Waals surface area contributed by atoms with Crippen LogP contribution in [0.25, 0.3) is 0 Å². The molecule has 0 aliphatic heterocycles. The summed E-state index contributed by atoms with van der Waals surface area (Å²) in [5.41, 5.74) is 0. The van der Waals surface area contributed by atoms with E-state index >= 15 is 0 Å². The van der Waals surface area contributed by atoms with Gasteiger partial charge in [0.15, 0.2) is 0 Å². The van der Waals surface area contributed by atoms with Crippen LogP contribution in [0, 0.1) is 0 Å². The zero-order valence-corrected chi connectivity index (χ0v) is 22.4. The molecule has 0 saturated carbocycles. The third-order valence-corrected chi connectivity index (χ3v) is 4.98. The summed E-state index contributed by atoms with van der Waals surface area (Å²) >= 11 is 0. The van der Waals surface area contributed by atoms with Crippen molar-refractivity contribution in [3.63, 3.8) is 0 Å². The van der Waals surface area contributed by atoms with Crippen molar-refractivity contribution in [3.8, 4) is 0 Å². The molecule has 0 aliphatic rings. The van der Waals surface area contributed by atoms with Gasteiger partial charge in [-0.2, -0.15) is 0 Å². The maximum absolute atomic E-state index is 11.7. The lowest BCUT2D eigenvalue weighted by Gasteiger charge is -2.09. The van der Waals surface area contributed by atoms with Gasteiger partial charge in [-0.25, -0.2) is 0 Å². The van der Waals surface area contributed by atoms with E-state index in [1.54, 1.807) is 7.05 Å². The number of nitrogens with one attached hydrogen (secondary N) is 5. The Hall–Kier alpha value is -2.16. The first kappa shape index (κ1) is 34.8. The minimum Gasteiger partial charge on any atom is -0.377 e. The van der Waals surface area contributed by atoms with Gasteiger partial charge in [-0.15, -0.1) is 0 Å². The van der Waals surface area contributed by atoms with Gasteiger partial charge in [0.1, 0.15) is 19.5 Å². The largest absolute Gasteiger partial charge is 0.377 e. The first-order valence-corrected chi connectivity index (χ1v) is 12.9. The van der Waals surface area contributed by atoms with Gasteiger partial charge in [0, 0.05) is 26.1 Å². The molecular weight excluding hydrogens is 486 g/mol. The first-order valence-electron chi connectivity index (χ1n) is 12.9. The van der Waals surface area contributed by atoms with Crippen LogP contribution in [-0.2, 0) is 38.1 Å². The molecule has 5 N–H and O–H groups in total. The van der Waals surface area contributed by atoms with Gasteiger partial charge >= 0.3 is 0 Å². The zero-order chi connectivity index (χ0) is 27.4. The van der Waals surface area contributed by atoms with Crippen LogP contribution in [0.1, 0.15) is 32.1 Å². The van der Waals surface area contributed by atoms with Crippen LogP contribution in [0.15, 0.2) is 0 Å². The molecule has 0 aromatic heterocycles. The van der Waals surface area contributed by atoms with Gasteiger partial charge in [-0.3, -0.25) is 14.4 Å². The van der Waals surface area contributed by atoms with Crippen LogP contribution in [0.4, 0.5) is 0 Å². The molecule has 13 heteroatoms. The van der Waals surface area contributed by atoms with Gasteiger partial charge in [0.05, 0.1) is 45.7 Å². The summed E-state index contributed by atoms with van der Waals surface area (Å²) in [5.74, 6) is -0.441. The molecule has 1 atom stereocenters. The predicted octanol–water partition coefficient (Wildman–Crippen LogP) is -1.64. The molecule has 0 spiro atoms. The van der Waals surface area contributed by atoms with Crippen molar-refractivity contribution in [2.45, 2.75) is 38.1 Å². The van der Waals surface area contributed by atoms with Crippen molar-refractivity contribution in [3.05, 3.63) is 0 Å². The summed E-state index contributed by atoms with van der Waals surface area (Å²) in [6, 6.07) is -0.137. The van der Waals surface area contributed by atoms with Gasteiger partial charge < -0.3 is 50.3 Å². The Kier molecular flexibility index (Phi) is 25.3. The van der Waals surface area contributed by atoms with E-state index in [9.17, 15) is 19.2 Å². The average molecular weight is 534 g/mol. The van der Waals surface area contributed by atoms with Gasteiger partial charge in [-0.1, -0.05) is 0 Å². The lowest BCUT2D eigenvalue weighted by Crippen LogP contribution is -2.32. The maximum Gasteiger partial charge on any atom is 0.246 e. The summed E-state index contributed by atoms with van der Waals surface area (Å²) in [7, 11) is 3.59. The van der Waals surface area contributed by atoms with Crippen molar-refractivity contribution >= 4 is 24.0 Å². The number of ether oxygens (including phenoxy) is 4. The lowest BCUT2D eigenvalue weighted by molar-refractivity contribution is -0.127. The van der Waals surface area contributed by atoms with E-state index in [0.29, 0.717) is 52.5 Å². The number of likely N-dealkylation sites (N-methyl/N-ethyl adjacent to an activating group) is 1. The van der Waals surface area contributed by atoms with Crippen LogP contribution in [0.2, 0.25) is 0 Å². The lowest BCUT2D eigenvalue weighted by atomic mass is 10.1. The number of aldehydes is 1. The number of unbranched alkanes of at least 4 members (excludes halogenated alkanes) is 1. The van der Waals surface area contributed by atoms with E-state index in [1.165, 1.54) is 0 Å². The van der Waals surface area contributed by atoms with E-state index in [2.05, 4.69) is 26.6 Å². The second-order valence-electron chi connectivity index (χ2n) is 8.11. The maximum atomic E-state index is 11.7. The summed E-state index contributed by atoms with van der Waals surface area (Å²) in [6.45, 7) is 3.93. The van der Waals surface area contributed by atoms with Gasteiger partial charge in [0.2, 0.25) is 17.7 Å². The molecule has 3 amide bonds. The molecule has 0 aromatic carbocycles. The molecule has 0 radical (unpaired) electrons. The normalized spacial score (nSPS) is 11.6. The third-order valence-electron chi connectivity index (χ3n) is 4.98. The zero-order valence-electron chi connectivity index (χ0n) is 22.4. The van der Waals surface area contributed by atoms with Crippen molar-refractivity contribution < 1.29 is 38.1 Å². The highest BCUT2D eigenvalue weighted by atomic mass is 16.5. The minimum atomic E-state index is -0.252. The van der Waals surface area contributed by atoms with Crippen LogP contribution >= 0.6 is 0 Å². The molecule has 0 saturated heterocycles. The molecule has 0 bridgehead atoms. The standard InChI is InChI=1S/C24H47N5O8/c1-25-8-5-7-22(31)28-10-12-34-14-17-37-20-24(33)29-11-13-35-15-16-36-19-23(32)27-9-4-3-6-21(18-30)26-2/h18,21,25-26H,3-17,19-20H2,1-2H3,(H,27,32)(H,28,31)(H,29,33). The molecule has 0 heterocycles. The van der Waals surface area contributed by atoms with Gasteiger partial charge in [-0.05, 0) is 46.3 Å². The molecule has 37 heavy (non-hydrogen) atoms. The Bertz CT molecular complexity index is 597. The minimum absolute atomic E-state index is 0.00439. The van der Waals surface area contributed by atoms with E-state index < -0.39 is 0 Å². The second-order valence-corrected chi connectivity index (χ2v) is 8.11. The molecular formula is C24H47N5O8. The highest BCUT2D eigenvalue weighted by Gasteiger charge is 2.05. The van der Waals surface area contributed by atoms with Crippen molar-refractivity contribution in [1.29, 1.82) is 0 Å². The summed E-state index contributed by atoms with van der Waals surface area (Å²) in [4.78, 5) is 45.6. The number of carbonyl (C=O) groups is 4. The third kappa shape index (κ3) is 25.3. The number of hydrogen-bond donors (Lipinski definition) is 5. The topological polar surface area (TPSA) is 165 Å². The number of hydrogen-bond acceptors (Lipinski definition) is 10. The highest BCUT2D eigenvalue weighted by Crippen LogP contribution is 1.97. The van der Waals surface area contributed by atoms with Crippen molar-refractivity contribution in [2.75, 3.05) is 93.1 Å². The Morgan fingerprint density at radius 3 is 1.73 bits per heavy atom. The fourth-order valence-electron chi connectivity index (χ4n) is 2.91. The quantitative estimate of drug-likeness (QED) is 0.0611. The SMILES string of the molecule is CNCCCC(=O)NCCOCCOCC(=O)NCCOCCOCC(=O)NCCCCC(C=O)NC. The van der Waals surface area contributed by atoms with E-state index in [-0.39, 0.29) is 50.2 Å². The summed E-state index contributed by atoms with van der Waals surface area (Å²) in [5, 5.41) is 14.1. The monoisotopic (exact) mass is 533 g/mol. The Morgan fingerprint density at radius 2 is 1.19 bits per heavy atom. The fraction of sp³-hybridized carbons (Fsp3) is 0.833. The van der Waals surface area contributed by atoms with Crippen molar-refractivity contribution in [1.82, 2.24) is 26.6 Å². The Labute approximate surface area is 220 Å². The van der Waals surface area contributed by atoms with E-state index in [4.69, 9.17) is 18.9 Å². The Balaban J connectivity index is 3.36. The molecule has 0 rings (SSSR count). The van der Waals surface area contributed by atoms with Crippen LogP contribution < -0.4 is 26.6 Å². The second kappa shape index (κ2) is 26.9. The molecule has 1 unspecified atom stereocenters. The molecule has 0 aromatic rings. The molecule has 13 nitrogen and oxygen atoms in total. The molecule has 0 aliphatic carbocycles.